The molecule has 0 N–H and O–H groups in total. The third-order valence-electron chi connectivity index (χ3n) is 3.80. The molecule has 10 heteroatoms. The summed E-state index contributed by atoms with van der Waals surface area (Å²) >= 11 is -0.295. The van der Waals surface area contributed by atoms with Crippen LogP contribution in [0.5, 0.6) is 0 Å². The second-order valence-corrected chi connectivity index (χ2v) is 8.00. The summed E-state index contributed by atoms with van der Waals surface area (Å²) in [6.45, 7) is 1.94. The molecule has 2 aromatic rings. The minimum atomic E-state index is -4.73. The monoisotopic (exact) mass is 389 g/mol. The van der Waals surface area contributed by atoms with Gasteiger partial charge in [0.25, 0.3) is 5.91 Å². The summed E-state index contributed by atoms with van der Waals surface area (Å²) in [5.74, 6) is -0.117. The molecule has 25 heavy (non-hydrogen) atoms. The standard InChI is InChI=1S/C15H14F3N3O2S2/c1-2-21(10-7-25(23)8-10)14(22)11-12(15(16,17)18)20-13(24-11)9-4-3-5-19-6-9/h3-6,10H,2,7-8H2,1H3. The van der Waals surface area contributed by atoms with Crippen molar-refractivity contribution in [2.75, 3.05) is 18.1 Å². The lowest BCUT2D eigenvalue weighted by molar-refractivity contribution is -0.141. The second kappa shape index (κ2) is 6.93. The van der Waals surface area contributed by atoms with E-state index in [1.54, 1.807) is 19.1 Å². The highest BCUT2D eigenvalue weighted by Crippen LogP contribution is 2.38. The topological polar surface area (TPSA) is 69.2 Å². The van der Waals surface area contributed by atoms with Crippen LogP contribution in [0.3, 0.4) is 0 Å². The lowest BCUT2D eigenvalue weighted by atomic mass is 10.2. The Hall–Kier alpha value is -1.65. The van der Waals surface area contributed by atoms with E-state index in [-0.39, 0.29) is 17.6 Å². The van der Waals surface area contributed by atoms with E-state index in [4.69, 9.17) is 0 Å². The molecule has 2 aromatic heterocycles. The molecule has 3 heterocycles. The third-order valence-corrected chi connectivity index (χ3v) is 6.40. The summed E-state index contributed by atoms with van der Waals surface area (Å²) < 4.78 is 51.4. The summed E-state index contributed by atoms with van der Waals surface area (Å²) in [4.78, 5) is 21.1. The van der Waals surface area contributed by atoms with Crippen molar-refractivity contribution >= 4 is 28.4 Å². The van der Waals surface area contributed by atoms with Gasteiger partial charge in [-0.1, -0.05) is 0 Å². The number of amides is 1. The van der Waals surface area contributed by atoms with Crippen molar-refractivity contribution in [3.8, 4) is 10.6 Å². The Balaban J connectivity index is 1.99. The zero-order valence-electron chi connectivity index (χ0n) is 13.1. The van der Waals surface area contributed by atoms with Crippen LogP contribution < -0.4 is 0 Å². The maximum Gasteiger partial charge on any atom is 0.435 e. The molecular weight excluding hydrogens is 375 g/mol. The maximum absolute atomic E-state index is 13.4. The van der Waals surface area contributed by atoms with Crippen LogP contribution in [-0.4, -0.2) is 49.4 Å². The molecule has 1 aliphatic heterocycles. The fourth-order valence-electron chi connectivity index (χ4n) is 2.53. The van der Waals surface area contributed by atoms with Crippen LogP contribution in [0, 0.1) is 0 Å². The van der Waals surface area contributed by atoms with Crippen molar-refractivity contribution in [2.45, 2.75) is 19.1 Å². The summed E-state index contributed by atoms with van der Waals surface area (Å²) in [6, 6.07) is 2.89. The van der Waals surface area contributed by atoms with Gasteiger partial charge in [0, 0.05) is 24.5 Å². The molecular formula is C15H14F3N3O2S2. The number of hydrogen-bond donors (Lipinski definition) is 0. The van der Waals surface area contributed by atoms with Gasteiger partial charge in [-0.25, -0.2) is 4.98 Å². The van der Waals surface area contributed by atoms with Crippen LogP contribution in [-0.2, 0) is 17.4 Å². The highest BCUT2D eigenvalue weighted by atomic mass is 32.2. The number of hydrogen-bond acceptors (Lipinski definition) is 5. The first-order valence-electron chi connectivity index (χ1n) is 7.45. The molecule has 134 valence electrons. The third kappa shape index (κ3) is 3.65. The molecule has 1 amide bonds. The molecule has 0 atom stereocenters. The molecule has 5 nitrogen and oxygen atoms in total. The van der Waals surface area contributed by atoms with Gasteiger partial charge in [-0.2, -0.15) is 13.2 Å². The van der Waals surface area contributed by atoms with Gasteiger partial charge in [-0.3, -0.25) is 9.78 Å². The van der Waals surface area contributed by atoms with E-state index >= 15 is 0 Å². The van der Waals surface area contributed by atoms with Crippen LogP contribution in [0.25, 0.3) is 10.6 Å². The van der Waals surface area contributed by atoms with E-state index in [1.165, 1.54) is 17.3 Å². The summed E-state index contributed by atoms with van der Waals surface area (Å²) in [6.07, 6.45) is -1.83. The maximum atomic E-state index is 13.4. The predicted molar refractivity (Wildman–Crippen MR) is 88.7 cm³/mol. The predicted octanol–water partition coefficient (Wildman–Crippen LogP) is 2.82. The van der Waals surface area contributed by atoms with Gasteiger partial charge < -0.3 is 9.45 Å². The van der Waals surface area contributed by atoms with Crippen molar-refractivity contribution in [3.63, 3.8) is 0 Å². The van der Waals surface area contributed by atoms with Gasteiger partial charge in [0.15, 0.2) is 5.69 Å². The largest absolute Gasteiger partial charge is 0.616 e. The average molecular weight is 389 g/mol. The highest BCUT2D eigenvalue weighted by Gasteiger charge is 2.44. The SMILES string of the molecule is CCN(C(=O)c1sc(-c2cccnc2)nc1C(F)(F)F)C1C[S+]([O-])C1. The van der Waals surface area contributed by atoms with Gasteiger partial charge in [-0.05, 0) is 30.2 Å². The number of halogens is 3. The highest BCUT2D eigenvalue weighted by molar-refractivity contribution is 7.92. The number of thiazole rings is 1. The summed E-state index contributed by atoms with van der Waals surface area (Å²) in [5, 5.41) is 0.0945. The number of pyridine rings is 1. The normalized spacial score (nSPS) is 20.2. The number of aromatic nitrogens is 2. The van der Waals surface area contributed by atoms with Crippen LogP contribution >= 0.6 is 11.3 Å². The van der Waals surface area contributed by atoms with E-state index in [2.05, 4.69) is 9.97 Å². The Labute approximate surface area is 149 Å². The van der Waals surface area contributed by atoms with E-state index in [0.29, 0.717) is 28.4 Å². The van der Waals surface area contributed by atoms with Gasteiger partial charge in [-0.15, -0.1) is 11.3 Å². The van der Waals surface area contributed by atoms with Crippen molar-refractivity contribution < 1.29 is 22.5 Å². The van der Waals surface area contributed by atoms with Gasteiger partial charge in [0.05, 0.1) is 0 Å². The Morgan fingerprint density at radius 3 is 2.72 bits per heavy atom. The zero-order valence-corrected chi connectivity index (χ0v) is 14.7. The van der Waals surface area contributed by atoms with E-state index < -0.39 is 33.8 Å². The van der Waals surface area contributed by atoms with E-state index in [0.717, 1.165) is 0 Å². The van der Waals surface area contributed by atoms with Gasteiger partial charge in [0.2, 0.25) is 0 Å². The number of nitrogens with zero attached hydrogens (tertiary/aromatic N) is 3. The zero-order chi connectivity index (χ0) is 18.2. The first-order valence-corrected chi connectivity index (χ1v) is 9.76. The fraction of sp³-hybridized carbons (Fsp3) is 0.400. The average Bonchev–Trinajstić information content (AvgIpc) is 3.00. The molecule has 3 rings (SSSR count). The summed E-state index contributed by atoms with van der Waals surface area (Å²) in [5.41, 5.74) is -0.759. The fourth-order valence-corrected chi connectivity index (χ4v) is 4.68. The Bertz CT molecular complexity index is 761. The second-order valence-electron chi connectivity index (χ2n) is 5.45. The molecule has 1 aliphatic rings. The molecule has 0 unspecified atom stereocenters. The number of carbonyl (C=O) groups excluding carboxylic acids is 1. The number of alkyl halides is 3. The van der Waals surface area contributed by atoms with Gasteiger partial charge >= 0.3 is 6.18 Å². The molecule has 0 aromatic carbocycles. The molecule has 0 aliphatic carbocycles. The lowest BCUT2D eigenvalue weighted by Crippen LogP contribution is -2.55. The molecule has 0 spiro atoms. The molecule has 1 saturated heterocycles. The van der Waals surface area contributed by atoms with E-state index in [1.807, 2.05) is 0 Å². The molecule has 0 saturated carbocycles. The minimum Gasteiger partial charge on any atom is -0.616 e. The smallest absolute Gasteiger partial charge is 0.435 e. The van der Waals surface area contributed by atoms with E-state index in [9.17, 15) is 22.5 Å². The minimum absolute atomic E-state index is 0.0945. The molecule has 0 bridgehead atoms. The quantitative estimate of drug-likeness (QED) is 0.754. The number of rotatable bonds is 4. The molecule has 1 fully saturated rings. The first-order chi connectivity index (χ1) is 11.8. The Kier molecular flexibility index (Phi) is 5.03. The van der Waals surface area contributed by atoms with Gasteiger partial charge in [0.1, 0.15) is 27.4 Å². The van der Waals surface area contributed by atoms with Crippen LogP contribution in [0.2, 0.25) is 0 Å². The first kappa shape index (κ1) is 18.2. The summed E-state index contributed by atoms with van der Waals surface area (Å²) in [7, 11) is 0. The number of carbonyl (C=O) groups is 1. The Morgan fingerprint density at radius 1 is 1.48 bits per heavy atom. The van der Waals surface area contributed by atoms with Crippen LogP contribution in [0.1, 0.15) is 22.3 Å². The Morgan fingerprint density at radius 2 is 2.20 bits per heavy atom. The van der Waals surface area contributed by atoms with Crippen LogP contribution in [0.4, 0.5) is 13.2 Å². The van der Waals surface area contributed by atoms with Crippen molar-refractivity contribution in [2.24, 2.45) is 0 Å². The van der Waals surface area contributed by atoms with Crippen molar-refractivity contribution in [1.82, 2.24) is 14.9 Å². The van der Waals surface area contributed by atoms with Crippen molar-refractivity contribution in [1.29, 1.82) is 0 Å². The molecule has 0 radical (unpaired) electrons. The van der Waals surface area contributed by atoms with Crippen molar-refractivity contribution in [3.05, 3.63) is 35.1 Å². The lowest BCUT2D eigenvalue weighted by Gasteiger charge is -2.37. The van der Waals surface area contributed by atoms with Crippen LogP contribution in [0.15, 0.2) is 24.5 Å².